The highest BCUT2D eigenvalue weighted by atomic mass is 19.1. The highest BCUT2D eigenvalue weighted by Gasteiger charge is 2.51. The monoisotopic (exact) mass is 613 g/mol. The molecule has 8 rings (SSSR count). The van der Waals surface area contributed by atoms with Gasteiger partial charge in [-0.1, -0.05) is 24.1 Å². The molecule has 4 aromatic rings. The molecule has 0 unspecified atom stereocenters. The Morgan fingerprint density at radius 2 is 2.04 bits per heavy atom. The van der Waals surface area contributed by atoms with Gasteiger partial charge in [-0.15, -0.1) is 6.42 Å². The second-order valence-electron chi connectivity index (χ2n) is 12.6. The summed E-state index contributed by atoms with van der Waals surface area (Å²) in [4.78, 5) is 18.1. The van der Waals surface area contributed by atoms with Crippen LogP contribution in [0, 0.1) is 24.0 Å². The summed E-state index contributed by atoms with van der Waals surface area (Å²) >= 11 is 0. The molecule has 0 radical (unpaired) electrons. The van der Waals surface area contributed by atoms with Gasteiger partial charge >= 0.3 is 6.01 Å². The van der Waals surface area contributed by atoms with Crippen LogP contribution in [0.1, 0.15) is 37.7 Å². The van der Waals surface area contributed by atoms with Crippen molar-refractivity contribution in [2.45, 2.75) is 49.9 Å². The van der Waals surface area contributed by atoms with E-state index in [2.05, 4.69) is 32.3 Å². The van der Waals surface area contributed by atoms with E-state index in [1.165, 1.54) is 24.3 Å². The van der Waals surface area contributed by atoms with E-state index in [0.717, 1.165) is 24.8 Å². The molecule has 2 aromatic carbocycles. The molecule has 3 atom stereocenters. The van der Waals surface area contributed by atoms with Crippen molar-refractivity contribution in [1.29, 1.82) is 0 Å². The van der Waals surface area contributed by atoms with Gasteiger partial charge in [-0.05, 0) is 49.3 Å². The molecule has 4 aliphatic rings. The number of hydrogen-bond acceptors (Lipinski definition) is 8. The molecule has 45 heavy (non-hydrogen) atoms. The van der Waals surface area contributed by atoms with Crippen LogP contribution in [0.4, 0.5) is 19.0 Å². The molecule has 11 heteroatoms. The number of aromatic hydroxyl groups is 1. The largest absolute Gasteiger partial charge is 0.508 e. The van der Waals surface area contributed by atoms with E-state index in [4.69, 9.17) is 20.9 Å². The molecule has 8 nitrogen and oxygen atoms in total. The topological polar surface area (TPSA) is 83.8 Å². The normalized spacial score (nSPS) is 24.3. The Hall–Kier alpha value is -4.56. The number of phenols is 1. The minimum atomic E-state index is -0.973. The van der Waals surface area contributed by atoms with Crippen LogP contribution in [0.15, 0.2) is 36.4 Å². The number of fused-ring (bicyclic) bond motifs is 4. The van der Waals surface area contributed by atoms with Crippen molar-refractivity contribution in [2.24, 2.45) is 0 Å². The summed E-state index contributed by atoms with van der Waals surface area (Å²) in [6.45, 7) is 6.13. The summed E-state index contributed by atoms with van der Waals surface area (Å²) in [6.07, 6.45) is 8.41. The van der Waals surface area contributed by atoms with Gasteiger partial charge in [-0.3, -0.25) is 4.90 Å². The third-order valence-electron chi connectivity index (χ3n) is 9.63. The molecule has 0 amide bonds. The van der Waals surface area contributed by atoms with Gasteiger partial charge in [-0.2, -0.15) is 9.97 Å². The molecule has 0 aliphatic carbocycles. The van der Waals surface area contributed by atoms with Crippen LogP contribution in [-0.4, -0.2) is 75.6 Å². The molecule has 1 N–H and O–H groups in total. The van der Waals surface area contributed by atoms with Crippen molar-refractivity contribution in [3.8, 4) is 41.2 Å². The van der Waals surface area contributed by atoms with Gasteiger partial charge in [0.15, 0.2) is 5.82 Å². The fourth-order valence-electron chi connectivity index (χ4n) is 7.69. The van der Waals surface area contributed by atoms with E-state index in [9.17, 15) is 13.9 Å². The number of halogens is 3. The van der Waals surface area contributed by atoms with E-state index in [-0.39, 0.29) is 58.0 Å². The second kappa shape index (κ2) is 10.2. The number of hydrogen-bond donors (Lipinski definition) is 1. The summed E-state index contributed by atoms with van der Waals surface area (Å²) < 4.78 is 58.8. The fourth-order valence-corrected chi connectivity index (χ4v) is 7.69. The first kappa shape index (κ1) is 28.0. The number of alkyl halides is 1. The molecule has 230 valence electrons. The van der Waals surface area contributed by atoms with Crippen LogP contribution in [0.2, 0.25) is 0 Å². The van der Waals surface area contributed by atoms with Crippen LogP contribution in [0.5, 0.6) is 17.6 Å². The summed E-state index contributed by atoms with van der Waals surface area (Å²) in [5.74, 6) is 1.30. The molecular weight excluding hydrogens is 583 g/mol. The minimum Gasteiger partial charge on any atom is -0.508 e. The summed E-state index contributed by atoms with van der Waals surface area (Å²) in [5.41, 5.74) is 0.172. The van der Waals surface area contributed by atoms with Crippen molar-refractivity contribution in [3.63, 3.8) is 0 Å². The highest BCUT2D eigenvalue weighted by Crippen LogP contribution is 2.45. The second-order valence-corrected chi connectivity index (χ2v) is 12.6. The van der Waals surface area contributed by atoms with E-state index in [0.29, 0.717) is 55.7 Å². The van der Waals surface area contributed by atoms with Crippen LogP contribution in [-0.2, 0) is 0 Å². The first-order valence-corrected chi connectivity index (χ1v) is 15.2. The van der Waals surface area contributed by atoms with Crippen molar-refractivity contribution in [3.05, 3.63) is 53.6 Å². The average molecular weight is 614 g/mol. The van der Waals surface area contributed by atoms with E-state index >= 15 is 4.39 Å². The summed E-state index contributed by atoms with van der Waals surface area (Å²) in [7, 11) is 0. The standard InChI is InChI=1S/C34H30F3N5O3/c1-3-23-25(36)8-7-19-10-22(43)11-24(26(19)23)29-28(37)30-27-31(42-9-5-4-6-21(42)16-44-32(27)38-29)40-33(39-30)45-17-34-12-18(2)14-41(34)15-20(35)13-34/h1,7-8,10-11,20-21,43H,2,4-6,9,12-17H2/t20-,21-,34-/m0/s1. The van der Waals surface area contributed by atoms with Crippen LogP contribution in [0.25, 0.3) is 32.9 Å². The van der Waals surface area contributed by atoms with Gasteiger partial charge in [-0.25, -0.2) is 18.2 Å². The SMILES string of the molecule is C#Cc1c(F)ccc2cc(O)cc(-c3nc4c5c(nc(OC[C@@]67CC(=C)CN6C[C@@H](F)C7)nc5c3F)N3CCCC[C@H]3CO4)c12. The van der Waals surface area contributed by atoms with Gasteiger partial charge in [0.2, 0.25) is 5.88 Å². The van der Waals surface area contributed by atoms with Crippen LogP contribution >= 0.6 is 0 Å². The smallest absolute Gasteiger partial charge is 0.319 e. The molecule has 6 heterocycles. The number of rotatable bonds is 4. The van der Waals surface area contributed by atoms with E-state index in [1.807, 2.05) is 0 Å². The average Bonchev–Trinajstić information content (AvgIpc) is 3.42. The summed E-state index contributed by atoms with van der Waals surface area (Å²) in [5, 5.41) is 11.5. The Bertz CT molecular complexity index is 1960. The first-order chi connectivity index (χ1) is 21.7. The molecule has 4 aliphatic heterocycles. The number of phenolic OH excluding ortho intramolecular Hbond substituents is 1. The lowest BCUT2D eigenvalue weighted by Gasteiger charge is -2.35. The number of terminal acetylenes is 1. The number of anilines is 1. The van der Waals surface area contributed by atoms with E-state index < -0.39 is 23.3 Å². The third-order valence-corrected chi connectivity index (χ3v) is 9.63. The lowest BCUT2D eigenvalue weighted by atomic mass is 9.93. The molecular formula is C34H30F3N5O3. The molecule has 0 bridgehead atoms. The zero-order valence-electron chi connectivity index (χ0n) is 24.5. The molecule has 2 aromatic heterocycles. The molecule has 0 saturated carbocycles. The first-order valence-electron chi connectivity index (χ1n) is 15.2. The number of ether oxygens (including phenoxy) is 2. The maximum atomic E-state index is 16.9. The molecule has 0 spiro atoms. The van der Waals surface area contributed by atoms with Crippen LogP contribution < -0.4 is 14.4 Å². The third kappa shape index (κ3) is 4.37. The predicted octanol–water partition coefficient (Wildman–Crippen LogP) is 5.68. The Balaban J connectivity index is 1.33. The highest BCUT2D eigenvalue weighted by molar-refractivity contribution is 6.04. The van der Waals surface area contributed by atoms with Crippen molar-refractivity contribution >= 4 is 27.5 Å². The van der Waals surface area contributed by atoms with Crippen molar-refractivity contribution in [1.82, 2.24) is 19.9 Å². The number of aromatic nitrogens is 3. The zero-order valence-corrected chi connectivity index (χ0v) is 24.5. The number of pyridine rings is 1. The minimum absolute atomic E-state index is 0.0245. The van der Waals surface area contributed by atoms with Gasteiger partial charge < -0.3 is 19.5 Å². The number of nitrogens with zero attached hydrogens (tertiary/aromatic N) is 5. The lowest BCUT2D eigenvalue weighted by Crippen LogP contribution is -2.44. The lowest BCUT2D eigenvalue weighted by molar-refractivity contribution is 0.107. The Labute approximate surface area is 257 Å². The Kier molecular flexibility index (Phi) is 6.36. The van der Waals surface area contributed by atoms with Crippen molar-refractivity contribution < 1.29 is 27.8 Å². The van der Waals surface area contributed by atoms with E-state index in [1.54, 1.807) is 0 Å². The Morgan fingerprint density at radius 3 is 2.89 bits per heavy atom. The van der Waals surface area contributed by atoms with Crippen LogP contribution in [0.3, 0.4) is 0 Å². The summed E-state index contributed by atoms with van der Waals surface area (Å²) in [6, 6.07) is 5.34. The predicted molar refractivity (Wildman–Crippen MR) is 163 cm³/mol. The number of piperidine rings is 1. The van der Waals surface area contributed by atoms with Gasteiger partial charge in [0.25, 0.3) is 0 Å². The van der Waals surface area contributed by atoms with Gasteiger partial charge in [0.05, 0.1) is 17.1 Å². The Morgan fingerprint density at radius 1 is 1.18 bits per heavy atom. The molecule has 3 fully saturated rings. The van der Waals surface area contributed by atoms with Gasteiger partial charge in [0, 0.05) is 37.0 Å². The quantitative estimate of drug-likeness (QED) is 0.233. The number of benzene rings is 2. The van der Waals surface area contributed by atoms with Gasteiger partial charge in [0.1, 0.15) is 53.4 Å². The fraction of sp³-hybridized carbons (Fsp3) is 0.382. The zero-order chi connectivity index (χ0) is 31.0. The van der Waals surface area contributed by atoms with Crippen molar-refractivity contribution in [2.75, 3.05) is 37.7 Å². The maximum absolute atomic E-state index is 16.9. The maximum Gasteiger partial charge on any atom is 0.319 e. The molecule has 3 saturated heterocycles.